The van der Waals surface area contributed by atoms with Crippen LogP contribution in [-0.2, 0) is 10.2 Å². The highest BCUT2D eigenvalue weighted by Crippen LogP contribution is 2.45. The van der Waals surface area contributed by atoms with E-state index in [0.29, 0.717) is 23.9 Å². The molecule has 112 valence electrons. The minimum atomic E-state index is -0.542. The number of carbonyl (C=O) groups is 1. The van der Waals surface area contributed by atoms with E-state index in [1.165, 1.54) is 6.33 Å². The van der Waals surface area contributed by atoms with Gasteiger partial charge in [-0.1, -0.05) is 29.8 Å². The highest BCUT2D eigenvalue weighted by molar-refractivity contribution is 6.35. The van der Waals surface area contributed by atoms with Crippen LogP contribution in [-0.4, -0.2) is 29.0 Å². The Labute approximate surface area is 132 Å². The van der Waals surface area contributed by atoms with E-state index < -0.39 is 5.41 Å². The van der Waals surface area contributed by atoms with Gasteiger partial charge in [0.1, 0.15) is 17.2 Å². The van der Waals surface area contributed by atoms with Gasteiger partial charge in [-0.15, -0.1) is 0 Å². The van der Waals surface area contributed by atoms with Crippen molar-refractivity contribution in [2.75, 3.05) is 29.0 Å². The second kappa shape index (κ2) is 4.58. The molecule has 1 aromatic carbocycles. The molecule has 1 unspecified atom stereocenters. The summed E-state index contributed by atoms with van der Waals surface area (Å²) >= 11 is 6.21. The fourth-order valence-corrected chi connectivity index (χ4v) is 3.58. The fraction of sp³-hybridized carbons (Fsp3) is 0.267. The maximum atomic E-state index is 12.6. The van der Waals surface area contributed by atoms with Crippen LogP contribution < -0.4 is 16.0 Å². The topological polar surface area (TPSA) is 84.1 Å². The third-order valence-corrected chi connectivity index (χ3v) is 4.85. The Hall–Kier alpha value is -2.34. The van der Waals surface area contributed by atoms with E-state index >= 15 is 0 Å². The fourth-order valence-electron chi connectivity index (χ4n) is 3.36. The molecule has 1 aromatic heterocycles. The first-order valence-corrected chi connectivity index (χ1v) is 7.41. The number of fused-ring (bicyclic) bond motifs is 2. The summed E-state index contributed by atoms with van der Waals surface area (Å²) in [6.45, 7) is 1.23. The number of anilines is 3. The van der Waals surface area contributed by atoms with Gasteiger partial charge in [-0.05, 0) is 18.1 Å². The van der Waals surface area contributed by atoms with Crippen LogP contribution in [0.15, 0.2) is 30.6 Å². The standard InChI is InChI=1S/C15H14ClN5O/c16-11-12(17)18-8-19-13(11)21-6-5-15(7-21)9-3-1-2-4-10(9)20-14(15)22/h1-4,8H,5-7H2,(H,20,22)(H2,17,18,19). The zero-order valence-corrected chi connectivity index (χ0v) is 12.5. The number of hydrogen-bond donors (Lipinski definition) is 2. The molecule has 2 aliphatic heterocycles. The number of halogens is 1. The summed E-state index contributed by atoms with van der Waals surface area (Å²) in [7, 11) is 0. The first-order chi connectivity index (χ1) is 10.6. The minimum absolute atomic E-state index is 0.0364. The van der Waals surface area contributed by atoms with Gasteiger partial charge in [-0.2, -0.15) is 0 Å². The zero-order chi connectivity index (χ0) is 15.3. The Bertz CT molecular complexity index is 780. The van der Waals surface area contributed by atoms with Crippen molar-refractivity contribution in [2.24, 2.45) is 0 Å². The van der Waals surface area contributed by atoms with E-state index in [-0.39, 0.29) is 11.7 Å². The van der Waals surface area contributed by atoms with Crippen LogP contribution in [0.1, 0.15) is 12.0 Å². The molecule has 4 rings (SSSR count). The monoisotopic (exact) mass is 315 g/mol. The van der Waals surface area contributed by atoms with E-state index in [2.05, 4.69) is 15.3 Å². The number of nitrogens with one attached hydrogen (secondary N) is 1. The SMILES string of the molecule is Nc1ncnc(N2CCC3(C2)C(=O)Nc2ccccc23)c1Cl. The van der Waals surface area contributed by atoms with E-state index in [9.17, 15) is 4.79 Å². The second-order valence-electron chi connectivity index (χ2n) is 5.65. The number of para-hydroxylation sites is 1. The number of carbonyl (C=O) groups excluding carboxylic acids is 1. The Morgan fingerprint density at radius 2 is 2.14 bits per heavy atom. The quantitative estimate of drug-likeness (QED) is 0.838. The Balaban J connectivity index is 1.74. The van der Waals surface area contributed by atoms with E-state index in [0.717, 1.165) is 17.7 Å². The summed E-state index contributed by atoms with van der Waals surface area (Å²) < 4.78 is 0. The first-order valence-electron chi connectivity index (χ1n) is 7.04. The number of nitrogen functional groups attached to an aromatic ring is 1. The van der Waals surface area contributed by atoms with Crippen molar-refractivity contribution < 1.29 is 4.79 Å². The van der Waals surface area contributed by atoms with Gasteiger partial charge < -0.3 is 16.0 Å². The van der Waals surface area contributed by atoms with Gasteiger partial charge in [-0.25, -0.2) is 9.97 Å². The molecular formula is C15H14ClN5O. The molecule has 0 radical (unpaired) electrons. The molecule has 1 fully saturated rings. The molecule has 1 spiro atoms. The van der Waals surface area contributed by atoms with E-state index in [1.807, 2.05) is 29.2 Å². The number of hydrogen-bond acceptors (Lipinski definition) is 5. The Morgan fingerprint density at radius 3 is 3.00 bits per heavy atom. The van der Waals surface area contributed by atoms with Gasteiger partial charge in [0.05, 0.1) is 5.41 Å². The van der Waals surface area contributed by atoms with Crippen molar-refractivity contribution in [3.8, 4) is 0 Å². The molecule has 6 nitrogen and oxygen atoms in total. The van der Waals surface area contributed by atoms with E-state index in [1.54, 1.807) is 0 Å². The lowest BCUT2D eigenvalue weighted by Crippen LogP contribution is -2.37. The second-order valence-corrected chi connectivity index (χ2v) is 6.03. The average molecular weight is 316 g/mol. The molecular weight excluding hydrogens is 302 g/mol. The molecule has 3 N–H and O–H groups in total. The Morgan fingerprint density at radius 1 is 1.32 bits per heavy atom. The van der Waals surface area contributed by atoms with Gasteiger partial charge in [0.2, 0.25) is 5.91 Å². The van der Waals surface area contributed by atoms with Gasteiger partial charge in [0.15, 0.2) is 5.82 Å². The maximum absolute atomic E-state index is 12.6. The molecule has 1 atom stereocenters. The third-order valence-electron chi connectivity index (χ3n) is 4.49. The van der Waals surface area contributed by atoms with Crippen LogP contribution in [0.4, 0.5) is 17.3 Å². The average Bonchev–Trinajstić information content (AvgIpc) is 3.07. The van der Waals surface area contributed by atoms with Crippen LogP contribution in [0, 0.1) is 0 Å². The van der Waals surface area contributed by atoms with Crippen LogP contribution >= 0.6 is 11.6 Å². The lowest BCUT2D eigenvalue weighted by molar-refractivity contribution is -0.120. The van der Waals surface area contributed by atoms with Gasteiger partial charge in [-0.3, -0.25) is 4.79 Å². The van der Waals surface area contributed by atoms with Crippen LogP contribution in [0.5, 0.6) is 0 Å². The summed E-state index contributed by atoms with van der Waals surface area (Å²) in [6.07, 6.45) is 2.11. The van der Waals surface area contributed by atoms with Crippen molar-refractivity contribution in [1.29, 1.82) is 0 Å². The van der Waals surface area contributed by atoms with Crippen molar-refractivity contribution in [2.45, 2.75) is 11.8 Å². The molecule has 22 heavy (non-hydrogen) atoms. The minimum Gasteiger partial charge on any atom is -0.382 e. The molecule has 0 bridgehead atoms. The predicted octanol–water partition coefficient (Wildman–Crippen LogP) is 1.81. The normalized spacial score (nSPS) is 23.0. The number of aromatic nitrogens is 2. The molecule has 0 aliphatic carbocycles. The number of amides is 1. The summed E-state index contributed by atoms with van der Waals surface area (Å²) in [4.78, 5) is 22.7. The lowest BCUT2D eigenvalue weighted by Gasteiger charge is -2.23. The van der Waals surface area contributed by atoms with Crippen LogP contribution in [0.2, 0.25) is 5.02 Å². The van der Waals surface area contributed by atoms with Crippen molar-refractivity contribution in [3.05, 3.63) is 41.2 Å². The molecule has 1 saturated heterocycles. The van der Waals surface area contributed by atoms with Gasteiger partial charge >= 0.3 is 0 Å². The van der Waals surface area contributed by atoms with Crippen molar-refractivity contribution in [1.82, 2.24) is 9.97 Å². The third kappa shape index (κ3) is 1.70. The summed E-state index contributed by atoms with van der Waals surface area (Å²) in [6, 6.07) is 7.82. The van der Waals surface area contributed by atoms with Gasteiger partial charge in [0.25, 0.3) is 0 Å². The molecule has 2 aromatic rings. The first kappa shape index (κ1) is 13.3. The maximum Gasteiger partial charge on any atom is 0.236 e. The van der Waals surface area contributed by atoms with Gasteiger partial charge in [0, 0.05) is 18.8 Å². The molecule has 1 amide bonds. The summed E-state index contributed by atoms with van der Waals surface area (Å²) in [5.74, 6) is 0.876. The van der Waals surface area contributed by atoms with Crippen LogP contribution in [0.3, 0.4) is 0 Å². The highest BCUT2D eigenvalue weighted by atomic mass is 35.5. The molecule has 7 heteroatoms. The van der Waals surface area contributed by atoms with E-state index in [4.69, 9.17) is 17.3 Å². The van der Waals surface area contributed by atoms with Crippen molar-refractivity contribution >= 4 is 34.8 Å². The zero-order valence-electron chi connectivity index (χ0n) is 11.7. The Kier molecular flexibility index (Phi) is 2.77. The number of rotatable bonds is 1. The molecule has 2 aliphatic rings. The highest BCUT2D eigenvalue weighted by Gasteiger charge is 2.51. The molecule has 3 heterocycles. The summed E-state index contributed by atoms with van der Waals surface area (Å²) in [5.41, 5.74) is 7.14. The van der Waals surface area contributed by atoms with Crippen molar-refractivity contribution in [3.63, 3.8) is 0 Å². The summed E-state index contributed by atoms with van der Waals surface area (Å²) in [5, 5.41) is 3.31. The molecule has 0 saturated carbocycles. The smallest absolute Gasteiger partial charge is 0.236 e. The number of nitrogens with two attached hydrogens (primary N) is 1. The lowest BCUT2D eigenvalue weighted by atomic mass is 9.81. The largest absolute Gasteiger partial charge is 0.382 e. The predicted molar refractivity (Wildman–Crippen MR) is 85.0 cm³/mol. The van der Waals surface area contributed by atoms with Crippen LogP contribution in [0.25, 0.3) is 0 Å². The number of benzene rings is 1. The number of nitrogens with zero attached hydrogens (tertiary/aromatic N) is 3.